The number of halogens is 1. The molecule has 0 aliphatic carbocycles. The minimum absolute atomic E-state index is 0.301. The lowest BCUT2D eigenvalue weighted by atomic mass is 9.95. The molecule has 4 fully saturated rings. The van der Waals surface area contributed by atoms with Crippen molar-refractivity contribution in [2.45, 2.75) is 101 Å². The Labute approximate surface area is 157 Å². The second kappa shape index (κ2) is 5.76. The average Bonchev–Trinajstić information content (AvgIpc) is 2.90. The van der Waals surface area contributed by atoms with Crippen LogP contribution >= 0.6 is 11.6 Å². The molecular weight excluding hydrogens is 368 g/mol. The van der Waals surface area contributed by atoms with Crippen LogP contribution in [0.1, 0.15) is 41.5 Å². The molecule has 0 amide bonds. The first-order valence-corrected chi connectivity index (χ1v) is 9.24. The zero-order valence-corrected chi connectivity index (χ0v) is 16.4. The van der Waals surface area contributed by atoms with E-state index in [9.17, 15) is 4.79 Å². The Balaban J connectivity index is 1.57. The summed E-state index contributed by atoms with van der Waals surface area (Å²) in [4.78, 5) is 12.3. The number of fused-ring (bicyclic) bond motifs is 3. The first-order valence-electron chi connectivity index (χ1n) is 8.86. The van der Waals surface area contributed by atoms with Crippen LogP contribution in [0.5, 0.6) is 0 Å². The summed E-state index contributed by atoms with van der Waals surface area (Å²) in [6, 6.07) is 0. The van der Waals surface area contributed by atoms with E-state index in [1.54, 1.807) is 27.7 Å². The maximum atomic E-state index is 12.3. The first-order chi connectivity index (χ1) is 11.9. The Kier molecular flexibility index (Phi) is 4.18. The molecular formula is C17H25ClO8. The van der Waals surface area contributed by atoms with Gasteiger partial charge in [-0.15, -0.1) is 0 Å². The lowest BCUT2D eigenvalue weighted by Crippen LogP contribution is -2.57. The van der Waals surface area contributed by atoms with Gasteiger partial charge in [0, 0.05) is 0 Å². The number of alkyl halides is 1. The van der Waals surface area contributed by atoms with E-state index in [0.29, 0.717) is 0 Å². The van der Waals surface area contributed by atoms with Crippen LogP contribution in [0.4, 0.5) is 0 Å². The molecule has 4 aliphatic rings. The fraction of sp³-hybridized carbons (Fsp3) is 0.941. The molecule has 0 aromatic heterocycles. The van der Waals surface area contributed by atoms with Crippen molar-refractivity contribution < 1.29 is 38.0 Å². The third-order valence-electron chi connectivity index (χ3n) is 4.72. The number of carbonyl (C=O) groups is 1. The second-order valence-electron chi connectivity index (χ2n) is 8.27. The van der Waals surface area contributed by atoms with E-state index in [-0.39, 0.29) is 6.10 Å². The summed E-state index contributed by atoms with van der Waals surface area (Å²) in [5.41, 5.74) is 0. The van der Waals surface area contributed by atoms with Gasteiger partial charge in [-0.25, -0.2) is 4.79 Å². The average molecular weight is 393 g/mol. The minimum atomic E-state index is -1.59. The van der Waals surface area contributed by atoms with E-state index >= 15 is 0 Å². The molecule has 4 heterocycles. The highest BCUT2D eigenvalue weighted by molar-refractivity contribution is 6.35. The molecule has 4 rings (SSSR count). The third-order valence-corrected chi connectivity index (χ3v) is 5.18. The quantitative estimate of drug-likeness (QED) is 0.407. The van der Waals surface area contributed by atoms with E-state index in [1.807, 2.05) is 13.8 Å². The van der Waals surface area contributed by atoms with Crippen LogP contribution < -0.4 is 0 Å². The highest BCUT2D eigenvalue weighted by Gasteiger charge is 2.73. The van der Waals surface area contributed by atoms with E-state index in [2.05, 4.69) is 0 Å². The zero-order chi connectivity index (χ0) is 19.1. The van der Waals surface area contributed by atoms with Gasteiger partial charge in [-0.3, -0.25) is 0 Å². The number of hydrogen-bond donors (Lipinski definition) is 0. The number of hydrogen-bond acceptors (Lipinski definition) is 8. The standard InChI is InChI=1S/C17H25ClO8/c1-7(2)20-14(19)17(18)12(25-17)10-8-9(23-15(3,4)22-8)11-13(21-10)26-16(5,6)24-11/h7-13H,1-6H3/t8-,9+,10+,11-,12+,13-,17?/m1/s1. The van der Waals surface area contributed by atoms with Gasteiger partial charge in [0.05, 0.1) is 6.10 Å². The van der Waals surface area contributed by atoms with Crippen molar-refractivity contribution in [3.63, 3.8) is 0 Å². The molecule has 7 atom stereocenters. The normalized spacial score (nSPS) is 48.2. The Bertz CT molecular complexity index is 608. The monoisotopic (exact) mass is 392 g/mol. The van der Waals surface area contributed by atoms with Crippen molar-refractivity contribution in [1.82, 2.24) is 0 Å². The smallest absolute Gasteiger partial charge is 0.357 e. The summed E-state index contributed by atoms with van der Waals surface area (Å²) in [5.74, 6) is -2.28. The minimum Gasteiger partial charge on any atom is -0.460 e. The molecule has 0 bridgehead atoms. The highest BCUT2D eigenvalue weighted by atomic mass is 35.5. The summed E-state index contributed by atoms with van der Waals surface area (Å²) >= 11 is 6.35. The van der Waals surface area contributed by atoms with Crippen molar-refractivity contribution in [2.75, 3.05) is 0 Å². The van der Waals surface area contributed by atoms with Crippen LogP contribution in [0.3, 0.4) is 0 Å². The van der Waals surface area contributed by atoms with Crippen LogP contribution in [0.15, 0.2) is 0 Å². The van der Waals surface area contributed by atoms with Crippen molar-refractivity contribution in [1.29, 1.82) is 0 Å². The van der Waals surface area contributed by atoms with Gasteiger partial charge in [0.15, 0.2) is 17.9 Å². The molecule has 9 heteroatoms. The Morgan fingerprint density at radius 2 is 1.42 bits per heavy atom. The van der Waals surface area contributed by atoms with Crippen LogP contribution in [-0.4, -0.2) is 65.5 Å². The molecule has 0 radical (unpaired) electrons. The van der Waals surface area contributed by atoms with Crippen LogP contribution in [0.2, 0.25) is 0 Å². The maximum Gasteiger partial charge on any atom is 0.357 e. The van der Waals surface area contributed by atoms with E-state index in [4.69, 9.17) is 44.8 Å². The van der Waals surface area contributed by atoms with Gasteiger partial charge >= 0.3 is 5.97 Å². The first kappa shape index (κ1) is 18.9. The topological polar surface area (TPSA) is 85.0 Å². The summed E-state index contributed by atoms with van der Waals surface area (Å²) in [5, 5.41) is -1.59. The molecule has 26 heavy (non-hydrogen) atoms. The van der Waals surface area contributed by atoms with Crippen molar-refractivity contribution in [3.8, 4) is 0 Å². The lowest BCUT2D eigenvalue weighted by Gasteiger charge is -2.36. The molecule has 0 aromatic carbocycles. The summed E-state index contributed by atoms with van der Waals surface area (Å²) < 4.78 is 40.6. The molecule has 1 unspecified atom stereocenters. The Morgan fingerprint density at radius 3 is 2.04 bits per heavy atom. The molecule has 0 N–H and O–H groups in total. The summed E-state index contributed by atoms with van der Waals surface area (Å²) in [6.07, 6.45) is -3.74. The molecule has 148 valence electrons. The van der Waals surface area contributed by atoms with Gasteiger partial charge < -0.3 is 33.2 Å². The van der Waals surface area contributed by atoms with Crippen LogP contribution in [0, 0.1) is 0 Å². The SMILES string of the molecule is CC(C)OC(=O)C1(Cl)O[C@H]1[C@H]1O[C@@H]2OC(C)(C)O[C@@H]2[C@H]2OC(C)(C)O[C@H]21. The number of carbonyl (C=O) groups excluding carboxylic acids is 1. The van der Waals surface area contributed by atoms with Crippen molar-refractivity contribution in [2.24, 2.45) is 0 Å². The third kappa shape index (κ3) is 3.05. The lowest BCUT2D eigenvalue weighted by molar-refractivity contribution is -0.237. The molecule has 0 saturated carbocycles. The number of rotatable bonds is 3. The Hall–Kier alpha value is -0.480. The molecule has 4 saturated heterocycles. The molecule has 4 aliphatic heterocycles. The van der Waals surface area contributed by atoms with Gasteiger partial charge in [0.25, 0.3) is 5.06 Å². The maximum absolute atomic E-state index is 12.3. The predicted molar refractivity (Wildman–Crippen MR) is 87.2 cm³/mol. The fourth-order valence-electron chi connectivity index (χ4n) is 3.77. The van der Waals surface area contributed by atoms with Crippen molar-refractivity contribution >= 4 is 17.6 Å². The number of ether oxygens (including phenoxy) is 7. The highest BCUT2D eigenvalue weighted by Crippen LogP contribution is 2.52. The molecule has 0 spiro atoms. The van der Waals surface area contributed by atoms with Crippen molar-refractivity contribution in [3.05, 3.63) is 0 Å². The van der Waals surface area contributed by atoms with Gasteiger partial charge in [0.1, 0.15) is 30.5 Å². The number of esters is 1. The fourth-order valence-corrected chi connectivity index (χ4v) is 4.04. The Morgan fingerprint density at radius 1 is 0.885 bits per heavy atom. The summed E-state index contributed by atoms with van der Waals surface area (Å²) in [7, 11) is 0. The number of epoxide rings is 1. The molecule has 0 aromatic rings. The van der Waals surface area contributed by atoms with Crippen LogP contribution in [-0.2, 0) is 38.0 Å². The van der Waals surface area contributed by atoms with Gasteiger partial charge in [-0.2, -0.15) is 0 Å². The predicted octanol–water partition coefficient (Wildman–Crippen LogP) is 1.67. The van der Waals surface area contributed by atoms with E-state index < -0.39 is 59.4 Å². The summed E-state index contributed by atoms with van der Waals surface area (Å²) in [6.45, 7) is 10.7. The zero-order valence-electron chi connectivity index (χ0n) is 15.7. The van der Waals surface area contributed by atoms with E-state index in [0.717, 1.165) is 0 Å². The van der Waals surface area contributed by atoms with Gasteiger partial charge in [-0.1, -0.05) is 11.6 Å². The largest absolute Gasteiger partial charge is 0.460 e. The molecule has 8 nitrogen and oxygen atoms in total. The second-order valence-corrected chi connectivity index (χ2v) is 8.83. The van der Waals surface area contributed by atoms with E-state index in [1.165, 1.54) is 0 Å². The van der Waals surface area contributed by atoms with Gasteiger partial charge in [-0.05, 0) is 41.5 Å². The van der Waals surface area contributed by atoms with Gasteiger partial charge in [0.2, 0.25) is 0 Å². The van der Waals surface area contributed by atoms with Crippen LogP contribution in [0.25, 0.3) is 0 Å².